The number of fused-ring (bicyclic) bond motifs is 3. The SMILES string of the molecule is C/C=C/Sc1c2n(c3cc(F)cc(-c4cccs4)c13)CCC2CC(=O)O.C/C=C\C(C)Cl. The van der Waals surface area contributed by atoms with Crippen molar-refractivity contribution in [3.63, 3.8) is 0 Å². The smallest absolute Gasteiger partial charge is 0.304 e. The Morgan fingerprint density at radius 2 is 2.19 bits per heavy atom. The van der Waals surface area contributed by atoms with Crippen LogP contribution in [0.1, 0.15) is 45.2 Å². The number of rotatable bonds is 6. The lowest BCUT2D eigenvalue weighted by Crippen LogP contribution is -2.04. The highest BCUT2D eigenvalue weighted by atomic mass is 35.5. The van der Waals surface area contributed by atoms with Gasteiger partial charge in [0.1, 0.15) is 5.82 Å². The number of nitrogens with zero attached hydrogens (tertiary/aromatic N) is 1. The zero-order valence-corrected chi connectivity index (χ0v) is 20.7. The molecule has 0 amide bonds. The van der Waals surface area contributed by atoms with Gasteiger partial charge in [-0.25, -0.2) is 4.39 Å². The van der Waals surface area contributed by atoms with Crippen molar-refractivity contribution in [2.45, 2.75) is 56.3 Å². The molecule has 0 spiro atoms. The van der Waals surface area contributed by atoms with Crippen LogP contribution in [-0.4, -0.2) is 21.0 Å². The summed E-state index contributed by atoms with van der Waals surface area (Å²) in [6.45, 7) is 6.58. The van der Waals surface area contributed by atoms with E-state index in [1.807, 2.05) is 61.9 Å². The summed E-state index contributed by atoms with van der Waals surface area (Å²) in [5.41, 5.74) is 2.79. The fourth-order valence-electron chi connectivity index (χ4n) is 4.05. The number of carbonyl (C=O) groups is 1. The van der Waals surface area contributed by atoms with Gasteiger partial charge in [0.25, 0.3) is 0 Å². The summed E-state index contributed by atoms with van der Waals surface area (Å²) in [5, 5.41) is 14.5. The van der Waals surface area contributed by atoms with Gasteiger partial charge in [0, 0.05) is 44.3 Å². The Kier molecular flexibility index (Phi) is 8.63. The van der Waals surface area contributed by atoms with E-state index in [0.717, 1.165) is 44.9 Å². The number of carboxylic acid groups (broad SMARTS) is 1. The molecular formula is C25H27ClFNO2S2. The van der Waals surface area contributed by atoms with Crippen molar-refractivity contribution in [2.75, 3.05) is 0 Å². The topological polar surface area (TPSA) is 42.2 Å². The highest BCUT2D eigenvalue weighted by molar-refractivity contribution is 8.02. The molecule has 3 nitrogen and oxygen atoms in total. The molecule has 1 aliphatic heterocycles. The third-order valence-corrected chi connectivity index (χ3v) is 7.30. The van der Waals surface area contributed by atoms with Crippen LogP contribution in [0.25, 0.3) is 21.3 Å². The third kappa shape index (κ3) is 5.48. The molecule has 0 saturated carbocycles. The van der Waals surface area contributed by atoms with Crippen LogP contribution >= 0.6 is 34.7 Å². The molecule has 3 heterocycles. The van der Waals surface area contributed by atoms with Crippen molar-refractivity contribution in [1.29, 1.82) is 0 Å². The second-order valence-electron chi connectivity index (χ2n) is 7.56. The maximum absolute atomic E-state index is 14.4. The van der Waals surface area contributed by atoms with Gasteiger partial charge in [-0.3, -0.25) is 4.79 Å². The first-order valence-electron chi connectivity index (χ1n) is 10.5. The number of aromatic nitrogens is 1. The molecule has 0 bridgehead atoms. The fourth-order valence-corrected chi connectivity index (χ4v) is 5.95. The van der Waals surface area contributed by atoms with E-state index >= 15 is 0 Å². The predicted octanol–water partition coefficient (Wildman–Crippen LogP) is 8.29. The number of alkyl halides is 1. The van der Waals surface area contributed by atoms with Gasteiger partial charge in [-0.05, 0) is 56.2 Å². The number of hydrogen-bond acceptors (Lipinski definition) is 3. The maximum Gasteiger partial charge on any atom is 0.304 e. The number of thioether (sulfide) groups is 1. The van der Waals surface area contributed by atoms with Crippen LogP contribution in [0.2, 0.25) is 0 Å². The predicted molar refractivity (Wildman–Crippen MR) is 136 cm³/mol. The average molecular weight is 492 g/mol. The van der Waals surface area contributed by atoms with Gasteiger partial charge in [-0.15, -0.1) is 22.9 Å². The minimum absolute atomic E-state index is 0.0353. The first-order chi connectivity index (χ1) is 15.4. The molecule has 4 rings (SSSR count). The Labute approximate surface area is 201 Å². The normalized spacial score (nSPS) is 16.5. The van der Waals surface area contributed by atoms with Gasteiger partial charge in [0.05, 0.1) is 11.9 Å². The monoisotopic (exact) mass is 491 g/mol. The lowest BCUT2D eigenvalue weighted by Gasteiger charge is -2.10. The van der Waals surface area contributed by atoms with Gasteiger partial charge in [0.2, 0.25) is 0 Å². The Balaban J connectivity index is 0.000000427. The highest BCUT2D eigenvalue weighted by Crippen LogP contribution is 2.48. The fraction of sp³-hybridized carbons (Fsp3) is 0.320. The summed E-state index contributed by atoms with van der Waals surface area (Å²) in [6, 6.07) is 7.14. The largest absolute Gasteiger partial charge is 0.481 e. The van der Waals surface area contributed by atoms with Gasteiger partial charge in [-0.2, -0.15) is 0 Å². The second-order valence-corrected chi connectivity index (χ2v) is 10.1. The quantitative estimate of drug-likeness (QED) is 0.214. The van der Waals surface area contributed by atoms with Crippen LogP contribution in [0, 0.1) is 5.82 Å². The molecule has 1 aromatic carbocycles. The van der Waals surface area contributed by atoms with Gasteiger partial charge in [-0.1, -0.05) is 36.1 Å². The molecular weight excluding hydrogens is 465 g/mol. The highest BCUT2D eigenvalue weighted by Gasteiger charge is 2.32. The molecule has 0 radical (unpaired) electrons. The van der Waals surface area contributed by atoms with Crippen LogP contribution < -0.4 is 0 Å². The second kappa shape index (κ2) is 11.2. The number of benzene rings is 1. The van der Waals surface area contributed by atoms with E-state index in [1.165, 1.54) is 0 Å². The van der Waals surface area contributed by atoms with E-state index in [-0.39, 0.29) is 23.5 Å². The van der Waals surface area contributed by atoms with Gasteiger partial charge in [0.15, 0.2) is 0 Å². The van der Waals surface area contributed by atoms with Crippen LogP contribution in [-0.2, 0) is 11.3 Å². The number of aryl methyl sites for hydroxylation is 1. The number of halogens is 2. The number of thiophene rings is 1. The third-order valence-electron chi connectivity index (χ3n) is 5.20. The van der Waals surface area contributed by atoms with Crippen molar-refractivity contribution < 1.29 is 14.3 Å². The van der Waals surface area contributed by atoms with Crippen molar-refractivity contribution >= 4 is 51.6 Å². The zero-order chi connectivity index (χ0) is 23.3. The van der Waals surface area contributed by atoms with Crippen molar-refractivity contribution in [2.24, 2.45) is 0 Å². The standard InChI is InChI=1S/C20H18FNO2S2.C5H9Cl/c1-2-7-26-20-18-14(16-4-3-8-25-16)10-13(21)11-15(18)22-6-5-12(19(20)22)9-17(23)24;1-3-4-5(2)6/h2-4,7-8,10-12H,5-6,9H2,1H3,(H,23,24);3-5H,1-2H3/b7-2+;4-3-. The Morgan fingerprint density at radius 1 is 1.41 bits per heavy atom. The molecule has 7 heteroatoms. The summed E-state index contributed by atoms with van der Waals surface area (Å²) in [4.78, 5) is 13.4. The van der Waals surface area contributed by atoms with Crippen LogP contribution in [0.15, 0.2) is 58.2 Å². The maximum atomic E-state index is 14.4. The molecule has 170 valence electrons. The zero-order valence-electron chi connectivity index (χ0n) is 18.3. The molecule has 2 aromatic heterocycles. The summed E-state index contributed by atoms with van der Waals surface area (Å²) in [5.74, 6) is -1.09. The molecule has 2 unspecified atom stereocenters. The number of carboxylic acids is 1. The van der Waals surface area contributed by atoms with Crippen LogP contribution in [0.5, 0.6) is 0 Å². The Bertz CT molecular complexity index is 1130. The number of aliphatic carboxylic acids is 1. The molecule has 3 aromatic rings. The van der Waals surface area contributed by atoms with E-state index in [0.29, 0.717) is 0 Å². The molecule has 0 saturated heterocycles. The average Bonchev–Trinajstić information content (AvgIpc) is 3.44. The molecule has 1 N–H and O–H groups in total. The van der Waals surface area contributed by atoms with Gasteiger partial charge < -0.3 is 9.67 Å². The molecule has 0 aliphatic carbocycles. The molecule has 1 aliphatic rings. The van der Waals surface area contributed by atoms with Crippen molar-refractivity contribution in [1.82, 2.24) is 4.57 Å². The Morgan fingerprint density at radius 3 is 2.75 bits per heavy atom. The van der Waals surface area contributed by atoms with E-state index in [1.54, 1.807) is 35.2 Å². The molecule has 0 fully saturated rings. The van der Waals surface area contributed by atoms with E-state index in [2.05, 4.69) is 4.57 Å². The van der Waals surface area contributed by atoms with Crippen LogP contribution in [0.3, 0.4) is 0 Å². The van der Waals surface area contributed by atoms with Crippen LogP contribution in [0.4, 0.5) is 4.39 Å². The van der Waals surface area contributed by atoms with E-state index in [4.69, 9.17) is 11.6 Å². The molecule has 2 atom stereocenters. The minimum Gasteiger partial charge on any atom is -0.481 e. The summed E-state index contributed by atoms with van der Waals surface area (Å²) in [7, 11) is 0. The first-order valence-corrected chi connectivity index (χ1v) is 12.7. The molecule has 32 heavy (non-hydrogen) atoms. The summed E-state index contributed by atoms with van der Waals surface area (Å²) < 4.78 is 16.5. The summed E-state index contributed by atoms with van der Waals surface area (Å²) >= 11 is 8.68. The number of allylic oxidation sites excluding steroid dienone is 3. The summed E-state index contributed by atoms with van der Waals surface area (Å²) in [6.07, 6.45) is 6.73. The first kappa shape index (κ1) is 24.6. The lowest BCUT2D eigenvalue weighted by molar-refractivity contribution is -0.137. The van der Waals surface area contributed by atoms with E-state index < -0.39 is 5.97 Å². The van der Waals surface area contributed by atoms with Gasteiger partial charge >= 0.3 is 5.97 Å². The minimum atomic E-state index is -0.791. The van der Waals surface area contributed by atoms with E-state index in [9.17, 15) is 14.3 Å². The number of hydrogen-bond donors (Lipinski definition) is 1. The van der Waals surface area contributed by atoms with Crippen molar-refractivity contribution in [3.05, 3.63) is 64.8 Å². The van der Waals surface area contributed by atoms with Crippen molar-refractivity contribution in [3.8, 4) is 10.4 Å². The lowest BCUT2D eigenvalue weighted by atomic mass is 9.99. The Hall–Kier alpha value is -2.02.